The number of fused-ring (bicyclic) bond motifs is 1. The summed E-state index contributed by atoms with van der Waals surface area (Å²) in [6, 6.07) is 0. The lowest BCUT2D eigenvalue weighted by atomic mass is 9.74. The van der Waals surface area contributed by atoms with Crippen LogP contribution in [0, 0.1) is 5.92 Å². The van der Waals surface area contributed by atoms with Gasteiger partial charge < -0.3 is 28.4 Å². The maximum Gasteiger partial charge on any atom is 0.335 e. The molecule has 35 heavy (non-hydrogen) atoms. The van der Waals surface area contributed by atoms with Gasteiger partial charge in [0, 0.05) is 18.4 Å². The van der Waals surface area contributed by atoms with Gasteiger partial charge in [0.25, 0.3) is 0 Å². The van der Waals surface area contributed by atoms with Gasteiger partial charge in [-0.05, 0) is 66.0 Å². The van der Waals surface area contributed by atoms with Gasteiger partial charge in [-0.25, -0.2) is 4.79 Å². The fourth-order valence-electron chi connectivity index (χ4n) is 4.22. The summed E-state index contributed by atoms with van der Waals surface area (Å²) in [5.41, 5.74) is 0.579. The molecule has 7 atom stereocenters. The number of hydrogen-bond donors (Lipinski definition) is 0. The first kappa shape index (κ1) is 27.2. The Morgan fingerprint density at radius 1 is 1.00 bits per heavy atom. The van der Waals surface area contributed by atoms with Crippen molar-refractivity contribution < 1.29 is 38.0 Å². The molecule has 2 heterocycles. The van der Waals surface area contributed by atoms with Gasteiger partial charge in [-0.15, -0.1) is 0 Å². The monoisotopic (exact) mass is 490 g/mol. The van der Waals surface area contributed by atoms with Gasteiger partial charge >= 0.3 is 11.9 Å². The predicted octanol–water partition coefficient (Wildman–Crippen LogP) is 4.50. The Kier molecular flexibility index (Phi) is 7.70. The highest BCUT2D eigenvalue weighted by Crippen LogP contribution is 2.54. The van der Waals surface area contributed by atoms with Crippen LogP contribution >= 0.6 is 0 Å². The van der Waals surface area contributed by atoms with Crippen LogP contribution in [0.5, 0.6) is 0 Å². The summed E-state index contributed by atoms with van der Waals surface area (Å²) in [5.74, 6) is -1.00. The molecule has 0 aromatic rings. The second-order valence-electron chi connectivity index (χ2n) is 10.1. The van der Waals surface area contributed by atoms with E-state index in [0.717, 1.165) is 5.57 Å². The molecule has 1 aliphatic carbocycles. The van der Waals surface area contributed by atoms with E-state index in [-0.39, 0.29) is 6.10 Å². The summed E-state index contributed by atoms with van der Waals surface area (Å²) in [6.45, 7) is 22.5. The summed E-state index contributed by atoms with van der Waals surface area (Å²) >= 11 is 0. The third kappa shape index (κ3) is 5.71. The minimum absolute atomic E-state index is 0.151. The fraction of sp³-hybridized carbons (Fsp3) is 0.630. The quantitative estimate of drug-likeness (QED) is 0.0840. The highest BCUT2D eigenvalue weighted by Gasteiger charge is 2.68. The lowest BCUT2D eigenvalue weighted by Gasteiger charge is -2.40. The average Bonchev–Trinajstić information content (AvgIpc) is 3.65. The summed E-state index contributed by atoms with van der Waals surface area (Å²) in [7, 11) is 0. The molecule has 2 aliphatic heterocycles. The van der Waals surface area contributed by atoms with Crippen molar-refractivity contribution in [2.45, 2.75) is 104 Å². The molecule has 194 valence electrons. The molecule has 2 saturated heterocycles. The van der Waals surface area contributed by atoms with Crippen molar-refractivity contribution in [1.29, 1.82) is 0 Å². The molecule has 0 unspecified atom stereocenters. The summed E-state index contributed by atoms with van der Waals surface area (Å²) < 4.78 is 35.4. The van der Waals surface area contributed by atoms with Gasteiger partial charge in [0.1, 0.15) is 23.1 Å². The van der Waals surface area contributed by atoms with E-state index in [9.17, 15) is 9.59 Å². The molecule has 0 bridgehead atoms. The van der Waals surface area contributed by atoms with E-state index in [1.807, 2.05) is 40.7 Å². The molecule has 1 saturated carbocycles. The van der Waals surface area contributed by atoms with Crippen LogP contribution in [-0.2, 0) is 38.0 Å². The second-order valence-corrected chi connectivity index (χ2v) is 10.1. The first-order chi connectivity index (χ1) is 16.2. The average molecular weight is 491 g/mol. The Morgan fingerprint density at radius 2 is 1.60 bits per heavy atom. The second kappa shape index (κ2) is 9.91. The van der Waals surface area contributed by atoms with Crippen molar-refractivity contribution in [3.8, 4) is 0 Å². The number of ether oxygens (including phenoxy) is 6. The van der Waals surface area contributed by atoms with Crippen LogP contribution in [0.25, 0.3) is 0 Å². The normalized spacial score (nSPS) is 34.2. The summed E-state index contributed by atoms with van der Waals surface area (Å²) in [4.78, 5) is 24.8. The van der Waals surface area contributed by atoms with Gasteiger partial charge in [0.05, 0.1) is 6.10 Å². The maximum atomic E-state index is 12.6. The van der Waals surface area contributed by atoms with Crippen molar-refractivity contribution >= 4 is 11.9 Å². The Hall–Kier alpha value is -2.42. The van der Waals surface area contributed by atoms with E-state index in [1.165, 1.54) is 6.92 Å². The molecule has 0 aromatic heterocycles. The highest BCUT2D eigenvalue weighted by atomic mass is 16.8. The minimum Gasteiger partial charge on any atom is -0.484 e. The van der Waals surface area contributed by atoms with Gasteiger partial charge in [-0.2, -0.15) is 0 Å². The molecule has 0 radical (unpaired) electrons. The number of epoxide rings is 2. The van der Waals surface area contributed by atoms with E-state index in [4.69, 9.17) is 28.4 Å². The zero-order chi connectivity index (χ0) is 26.3. The van der Waals surface area contributed by atoms with Crippen LogP contribution in [0.15, 0.2) is 47.8 Å². The Balaban J connectivity index is 1.91. The van der Waals surface area contributed by atoms with E-state index < -0.39 is 53.8 Å². The largest absolute Gasteiger partial charge is 0.484 e. The third-order valence-electron chi connectivity index (χ3n) is 7.07. The molecule has 8 heteroatoms. The topological polar surface area (TPSA) is 96.1 Å². The highest BCUT2D eigenvalue weighted by molar-refractivity contribution is 5.87. The fourth-order valence-corrected chi connectivity index (χ4v) is 4.22. The van der Waals surface area contributed by atoms with Crippen molar-refractivity contribution in [1.82, 2.24) is 0 Å². The standard InChI is InChI=1S/C27H38O8/c1-11-14(3)17(6)30-22-21(31-18(7)28)19(13-20-27(22,10)34-20)16(5)24(32-23(29)15(4)12-2)33-25-26(8,9)35-25/h11-12,19-22,24-25H,5-6,13H2,1-4,7-10H3/b14-11-,15-12-/t19-,20-,21+,22+,24+,25+,27-/m0/s1. The first-order valence-corrected chi connectivity index (χ1v) is 11.9. The zero-order valence-electron chi connectivity index (χ0n) is 22.0. The molecule has 0 spiro atoms. The molecule has 0 N–H and O–H groups in total. The van der Waals surface area contributed by atoms with Crippen molar-refractivity contribution in [3.63, 3.8) is 0 Å². The van der Waals surface area contributed by atoms with E-state index in [0.29, 0.717) is 23.3 Å². The van der Waals surface area contributed by atoms with Crippen LogP contribution in [0.2, 0.25) is 0 Å². The molecule has 3 rings (SSSR count). The Labute approximate surface area is 207 Å². The molecular formula is C27H38O8. The van der Waals surface area contributed by atoms with Crippen LogP contribution < -0.4 is 0 Å². The molecule has 0 aromatic carbocycles. The lowest BCUT2D eigenvalue weighted by Crippen LogP contribution is -2.53. The SMILES string of the molecule is C=C(O[C@@H]1[C@H](OC(C)=O)[C@H](C(=C)[C@H](OC(=O)/C(C)=C\C)O[C@@H]2OC2(C)C)C[C@@H]2O[C@@]21C)/C(C)=C\C. The molecule has 3 fully saturated rings. The van der Waals surface area contributed by atoms with Crippen molar-refractivity contribution in [2.75, 3.05) is 0 Å². The zero-order valence-corrected chi connectivity index (χ0v) is 22.0. The van der Waals surface area contributed by atoms with Gasteiger partial charge in [0.2, 0.25) is 6.29 Å². The van der Waals surface area contributed by atoms with Crippen molar-refractivity contribution in [2.24, 2.45) is 5.92 Å². The van der Waals surface area contributed by atoms with Crippen LogP contribution in [0.3, 0.4) is 0 Å². The number of esters is 2. The molecular weight excluding hydrogens is 452 g/mol. The van der Waals surface area contributed by atoms with Crippen LogP contribution in [0.4, 0.5) is 0 Å². The third-order valence-corrected chi connectivity index (χ3v) is 7.07. The molecule has 8 nitrogen and oxygen atoms in total. The first-order valence-electron chi connectivity index (χ1n) is 11.9. The smallest absolute Gasteiger partial charge is 0.335 e. The van der Waals surface area contributed by atoms with Gasteiger partial charge in [-0.1, -0.05) is 25.3 Å². The van der Waals surface area contributed by atoms with Crippen LogP contribution in [-0.4, -0.2) is 54.0 Å². The number of hydrogen-bond acceptors (Lipinski definition) is 8. The minimum atomic E-state index is -1.11. The summed E-state index contributed by atoms with van der Waals surface area (Å²) in [6.07, 6.45) is 0.813. The van der Waals surface area contributed by atoms with Crippen molar-refractivity contribution in [3.05, 3.63) is 47.8 Å². The number of carbonyl (C=O) groups excluding carboxylic acids is 2. The number of rotatable bonds is 10. The lowest BCUT2D eigenvalue weighted by molar-refractivity contribution is -0.182. The molecule has 3 aliphatic rings. The Bertz CT molecular complexity index is 960. The number of carbonyl (C=O) groups is 2. The van der Waals surface area contributed by atoms with E-state index in [2.05, 4.69) is 13.2 Å². The maximum absolute atomic E-state index is 12.6. The predicted molar refractivity (Wildman–Crippen MR) is 129 cm³/mol. The molecule has 0 amide bonds. The van der Waals surface area contributed by atoms with Gasteiger partial charge in [0.15, 0.2) is 12.4 Å². The van der Waals surface area contributed by atoms with Gasteiger partial charge in [-0.3, -0.25) is 4.79 Å². The summed E-state index contributed by atoms with van der Waals surface area (Å²) in [5, 5.41) is 0. The Morgan fingerprint density at radius 3 is 2.11 bits per heavy atom. The van der Waals surface area contributed by atoms with E-state index in [1.54, 1.807) is 19.9 Å². The van der Waals surface area contributed by atoms with Crippen LogP contribution in [0.1, 0.15) is 61.8 Å². The number of allylic oxidation sites excluding steroid dienone is 3. The van der Waals surface area contributed by atoms with E-state index >= 15 is 0 Å².